The maximum atomic E-state index is 12.3. The Morgan fingerprint density at radius 3 is 2.57 bits per heavy atom. The standard InChI is InChI=1S/C15H12N2O2S2/c16-14(20)9-19-11-7-5-10(6-8-11)17-15(18)12-3-1-2-4-13(12)21-17/h1-8H,9H2,(H2,16,20). The van der Waals surface area contributed by atoms with Gasteiger partial charge in [-0.1, -0.05) is 35.9 Å². The summed E-state index contributed by atoms with van der Waals surface area (Å²) >= 11 is 6.18. The van der Waals surface area contributed by atoms with Gasteiger partial charge in [0, 0.05) is 0 Å². The predicted octanol–water partition coefficient (Wildman–Crippen LogP) is 2.72. The van der Waals surface area contributed by atoms with E-state index in [9.17, 15) is 4.79 Å². The second-order valence-electron chi connectivity index (χ2n) is 4.44. The molecule has 3 aromatic rings. The van der Waals surface area contributed by atoms with Crippen LogP contribution < -0.4 is 16.0 Å². The highest BCUT2D eigenvalue weighted by Gasteiger charge is 2.08. The van der Waals surface area contributed by atoms with Gasteiger partial charge in [-0.25, -0.2) is 3.96 Å². The molecule has 0 spiro atoms. The fourth-order valence-corrected chi connectivity index (χ4v) is 3.03. The molecule has 1 heterocycles. The van der Waals surface area contributed by atoms with Gasteiger partial charge in [-0.2, -0.15) is 0 Å². The lowest BCUT2D eigenvalue weighted by molar-refractivity contribution is 0.377. The third-order valence-corrected chi connectivity index (χ3v) is 4.17. The average molecular weight is 316 g/mol. The summed E-state index contributed by atoms with van der Waals surface area (Å²) in [5.41, 5.74) is 6.19. The van der Waals surface area contributed by atoms with E-state index in [1.54, 1.807) is 16.1 Å². The van der Waals surface area contributed by atoms with Crippen molar-refractivity contribution in [3.8, 4) is 11.4 Å². The Bertz CT molecular complexity index is 850. The zero-order valence-corrected chi connectivity index (χ0v) is 12.6. The third kappa shape index (κ3) is 2.81. The number of aromatic nitrogens is 1. The van der Waals surface area contributed by atoms with Gasteiger partial charge in [-0.15, -0.1) is 0 Å². The van der Waals surface area contributed by atoms with Gasteiger partial charge >= 0.3 is 0 Å². The lowest BCUT2D eigenvalue weighted by atomic mass is 10.3. The maximum Gasteiger partial charge on any atom is 0.273 e. The second-order valence-corrected chi connectivity index (χ2v) is 5.95. The third-order valence-electron chi connectivity index (χ3n) is 2.94. The second kappa shape index (κ2) is 5.67. The van der Waals surface area contributed by atoms with Crippen LogP contribution in [0.5, 0.6) is 5.75 Å². The van der Waals surface area contributed by atoms with Crippen molar-refractivity contribution in [3.05, 3.63) is 58.9 Å². The van der Waals surface area contributed by atoms with Crippen molar-refractivity contribution in [1.82, 2.24) is 3.96 Å². The highest BCUT2D eigenvalue weighted by atomic mass is 32.1. The first-order valence-corrected chi connectivity index (χ1v) is 7.46. The molecule has 0 unspecified atom stereocenters. The van der Waals surface area contributed by atoms with E-state index >= 15 is 0 Å². The van der Waals surface area contributed by atoms with Gasteiger partial charge in [0.25, 0.3) is 5.56 Å². The summed E-state index contributed by atoms with van der Waals surface area (Å²) in [6.45, 7) is 0.206. The molecule has 0 aliphatic carbocycles. The molecule has 0 radical (unpaired) electrons. The van der Waals surface area contributed by atoms with Gasteiger partial charge < -0.3 is 10.5 Å². The van der Waals surface area contributed by atoms with Crippen molar-refractivity contribution in [3.63, 3.8) is 0 Å². The molecule has 2 aromatic carbocycles. The minimum Gasteiger partial charge on any atom is -0.487 e. The summed E-state index contributed by atoms with van der Waals surface area (Å²) < 4.78 is 8.03. The number of rotatable bonds is 4. The molecule has 0 saturated carbocycles. The first kappa shape index (κ1) is 13.8. The predicted molar refractivity (Wildman–Crippen MR) is 89.7 cm³/mol. The van der Waals surface area contributed by atoms with Gasteiger partial charge in [-0.05, 0) is 36.4 Å². The van der Waals surface area contributed by atoms with Gasteiger partial charge in [0.2, 0.25) is 0 Å². The van der Waals surface area contributed by atoms with Crippen molar-refractivity contribution >= 4 is 38.8 Å². The molecule has 0 bridgehead atoms. The number of fused-ring (bicyclic) bond motifs is 1. The Kier molecular flexibility index (Phi) is 3.72. The number of benzene rings is 2. The smallest absolute Gasteiger partial charge is 0.273 e. The van der Waals surface area contributed by atoms with Crippen LogP contribution in [0.15, 0.2) is 53.3 Å². The molecule has 2 N–H and O–H groups in total. The normalized spacial score (nSPS) is 10.7. The summed E-state index contributed by atoms with van der Waals surface area (Å²) in [4.78, 5) is 12.6. The van der Waals surface area contributed by atoms with Crippen LogP contribution in [0.3, 0.4) is 0 Å². The van der Waals surface area contributed by atoms with Crippen molar-refractivity contribution in [2.45, 2.75) is 0 Å². The van der Waals surface area contributed by atoms with Crippen LogP contribution in [-0.2, 0) is 0 Å². The Balaban J connectivity index is 1.94. The van der Waals surface area contributed by atoms with Crippen LogP contribution >= 0.6 is 23.8 Å². The van der Waals surface area contributed by atoms with Gasteiger partial charge in [-0.3, -0.25) is 4.79 Å². The molecule has 0 fully saturated rings. The van der Waals surface area contributed by atoms with Crippen molar-refractivity contribution in [2.24, 2.45) is 5.73 Å². The average Bonchev–Trinajstić information content (AvgIpc) is 2.83. The van der Waals surface area contributed by atoms with E-state index in [0.717, 1.165) is 15.8 Å². The first-order valence-electron chi connectivity index (χ1n) is 6.28. The molecule has 3 rings (SSSR count). The molecule has 21 heavy (non-hydrogen) atoms. The highest BCUT2D eigenvalue weighted by Crippen LogP contribution is 2.21. The largest absolute Gasteiger partial charge is 0.487 e. The van der Waals surface area contributed by atoms with Crippen LogP contribution in [0.4, 0.5) is 0 Å². The van der Waals surface area contributed by atoms with Crippen LogP contribution in [0.2, 0.25) is 0 Å². The zero-order valence-electron chi connectivity index (χ0n) is 11.0. The zero-order chi connectivity index (χ0) is 14.8. The molecule has 6 heteroatoms. The molecule has 0 aliphatic rings. The van der Waals surface area contributed by atoms with Crippen LogP contribution in [-0.4, -0.2) is 15.6 Å². The van der Waals surface area contributed by atoms with E-state index in [1.165, 1.54) is 11.5 Å². The fourth-order valence-electron chi connectivity index (χ4n) is 1.97. The van der Waals surface area contributed by atoms with Crippen molar-refractivity contribution in [1.29, 1.82) is 0 Å². The number of hydrogen-bond acceptors (Lipinski definition) is 4. The van der Waals surface area contributed by atoms with Gasteiger partial charge in [0.1, 0.15) is 17.3 Å². The lowest BCUT2D eigenvalue weighted by Crippen LogP contribution is -2.17. The Hall–Kier alpha value is -2.18. The Morgan fingerprint density at radius 2 is 1.90 bits per heavy atom. The number of nitrogens with two attached hydrogens (primary N) is 1. The summed E-state index contributed by atoms with van der Waals surface area (Å²) in [6.07, 6.45) is 0. The monoisotopic (exact) mass is 316 g/mol. The highest BCUT2D eigenvalue weighted by molar-refractivity contribution is 7.80. The van der Waals surface area contributed by atoms with E-state index < -0.39 is 0 Å². The van der Waals surface area contributed by atoms with Crippen LogP contribution in [0.1, 0.15) is 0 Å². The Morgan fingerprint density at radius 1 is 1.19 bits per heavy atom. The summed E-state index contributed by atoms with van der Waals surface area (Å²) in [5.74, 6) is 0.667. The maximum absolute atomic E-state index is 12.3. The summed E-state index contributed by atoms with van der Waals surface area (Å²) in [5, 5.41) is 0.733. The topological polar surface area (TPSA) is 57.2 Å². The summed E-state index contributed by atoms with van der Waals surface area (Å²) in [7, 11) is 0. The van der Waals surface area contributed by atoms with Crippen molar-refractivity contribution < 1.29 is 4.74 Å². The number of nitrogens with zero attached hydrogens (tertiary/aromatic N) is 1. The molecule has 0 saturated heterocycles. The summed E-state index contributed by atoms with van der Waals surface area (Å²) in [6, 6.07) is 14.8. The van der Waals surface area contributed by atoms with E-state index in [1.807, 2.05) is 36.4 Å². The fraction of sp³-hybridized carbons (Fsp3) is 0.0667. The molecule has 0 amide bonds. The van der Waals surface area contributed by atoms with Gasteiger partial charge in [0.15, 0.2) is 0 Å². The molecule has 0 aliphatic heterocycles. The van der Waals surface area contributed by atoms with Crippen molar-refractivity contribution in [2.75, 3.05) is 6.61 Å². The number of thiocarbonyl (C=S) groups is 1. The molecular weight excluding hydrogens is 304 g/mol. The minimum absolute atomic E-state index is 0.00703. The lowest BCUT2D eigenvalue weighted by Gasteiger charge is -2.06. The van der Waals surface area contributed by atoms with Crippen LogP contribution in [0.25, 0.3) is 15.8 Å². The van der Waals surface area contributed by atoms with Gasteiger partial charge in [0.05, 0.1) is 15.8 Å². The molecule has 1 aromatic heterocycles. The molecule has 106 valence electrons. The van der Waals surface area contributed by atoms with E-state index in [-0.39, 0.29) is 12.2 Å². The molecular formula is C15H12N2O2S2. The van der Waals surface area contributed by atoms with E-state index in [4.69, 9.17) is 22.7 Å². The Labute approximate surface area is 130 Å². The molecule has 4 nitrogen and oxygen atoms in total. The van der Waals surface area contributed by atoms with E-state index in [2.05, 4.69) is 0 Å². The number of hydrogen-bond donors (Lipinski definition) is 1. The van der Waals surface area contributed by atoms with E-state index in [0.29, 0.717) is 10.7 Å². The SMILES string of the molecule is NC(=S)COc1ccc(-n2sc3ccccc3c2=O)cc1. The molecule has 0 atom stereocenters. The minimum atomic E-state index is -0.00703. The number of ether oxygens (including phenoxy) is 1. The first-order chi connectivity index (χ1) is 10.1. The quantitative estimate of drug-likeness (QED) is 0.752. The van der Waals surface area contributed by atoms with Crippen LogP contribution in [0, 0.1) is 0 Å².